The molecule has 0 aliphatic carbocycles. The molecule has 146 valence electrons. The van der Waals surface area contributed by atoms with Crippen LogP contribution >= 0.6 is 34.5 Å². The van der Waals surface area contributed by atoms with Crippen LogP contribution in [0.4, 0.5) is 5.00 Å². The van der Waals surface area contributed by atoms with E-state index in [0.717, 1.165) is 16.9 Å². The summed E-state index contributed by atoms with van der Waals surface area (Å²) < 4.78 is 5.72. The number of halogens is 2. The average molecular weight is 438 g/mol. The molecule has 3 aromatic rings. The van der Waals surface area contributed by atoms with Gasteiger partial charge in [0.25, 0.3) is 0 Å². The molecular formula is C20H17Cl2NO4S. The number of hydrogen-bond acceptors (Lipinski definition) is 5. The number of carbonyl (C=O) groups excluding carboxylic acids is 2. The smallest absolute Gasteiger partial charge is 0.341 e. The van der Waals surface area contributed by atoms with Gasteiger partial charge in [-0.05, 0) is 36.8 Å². The lowest BCUT2D eigenvalue weighted by molar-refractivity contribution is -0.116. The summed E-state index contributed by atoms with van der Waals surface area (Å²) >= 11 is 13.3. The van der Waals surface area contributed by atoms with Gasteiger partial charge in [-0.15, -0.1) is 11.3 Å². The van der Waals surface area contributed by atoms with Crippen molar-refractivity contribution < 1.29 is 19.4 Å². The topological polar surface area (TPSA) is 66.8 Å². The monoisotopic (exact) mass is 437 g/mol. The Kier molecular flexibility index (Phi) is 6.13. The van der Waals surface area contributed by atoms with Crippen molar-refractivity contribution in [2.75, 3.05) is 11.5 Å². The van der Waals surface area contributed by atoms with Gasteiger partial charge in [0.2, 0.25) is 5.91 Å². The van der Waals surface area contributed by atoms with Crippen molar-refractivity contribution >= 4 is 61.5 Å². The third-order valence-electron chi connectivity index (χ3n) is 4.12. The molecule has 0 bridgehead atoms. The van der Waals surface area contributed by atoms with Gasteiger partial charge < -0.3 is 9.84 Å². The van der Waals surface area contributed by atoms with Crippen molar-refractivity contribution in [3.63, 3.8) is 0 Å². The second kappa shape index (κ2) is 8.39. The molecule has 2 aromatic carbocycles. The number of phenolic OH excluding ortho intramolecular Hbond substituents is 1. The third-order valence-corrected chi connectivity index (χ3v) is 6.11. The number of esters is 1. The molecule has 0 radical (unpaired) electrons. The second-order valence-electron chi connectivity index (χ2n) is 6.01. The van der Waals surface area contributed by atoms with E-state index in [9.17, 15) is 14.7 Å². The number of carbonyl (C=O) groups is 2. The van der Waals surface area contributed by atoms with E-state index in [1.807, 2.05) is 12.1 Å². The molecule has 1 aromatic heterocycles. The molecule has 1 N–H and O–H groups in total. The molecule has 1 heterocycles. The summed E-state index contributed by atoms with van der Waals surface area (Å²) in [5.41, 5.74) is 1.11. The lowest BCUT2D eigenvalue weighted by Crippen LogP contribution is -2.28. The van der Waals surface area contributed by atoms with Gasteiger partial charge in [-0.1, -0.05) is 35.3 Å². The summed E-state index contributed by atoms with van der Waals surface area (Å²) in [6, 6.07) is 10.1. The highest BCUT2D eigenvalue weighted by atomic mass is 35.5. The first kappa shape index (κ1) is 20.5. The molecule has 0 saturated carbocycles. The van der Waals surface area contributed by atoms with Crippen LogP contribution in [0.5, 0.6) is 5.75 Å². The van der Waals surface area contributed by atoms with Crippen LogP contribution in [0, 0.1) is 0 Å². The SMILES string of the molecule is CCOC(=O)c1c(N(Cc2ccc(Cl)cc2)C(C)=O)sc2c(Cl)c(O)ccc12. The number of ether oxygens (including phenoxy) is 1. The van der Waals surface area contributed by atoms with Crippen molar-refractivity contribution in [2.24, 2.45) is 0 Å². The molecule has 3 rings (SSSR count). The number of aromatic hydroxyl groups is 1. The zero-order chi connectivity index (χ0) is 20.4. The highest BCUT2D eigenvalue weighted by Gasteiger charge is 2.28. The highest BCUT2D eigenvalue weighted by molar-refractivity contribution is 7.24. The summed E-state index contributed by atoms with van der Waals surface area (Å²) in [7, 11) is 0. The number of nitrogens with zero attached hydrogens (tertiary/aromatic N) is 1. The molecule has 0 spiro atoms. The Balaban J connectivity index is 2.18. The van der Waals surface area contributed by atoms with Gasteiger partial charge in [-0.25, -0.2) is 4.79 Å². The molecule has 0 aliphatic rings. The number of rotatable bonds is 5. The zero-order valence-corrected chi connectivity index (χ0v) is 17.5. The number of amides is 1. The van der Waals surface area contributed by atoms with Gasteiger partial charge in [0.05, 0.1) is 17.9 Å². The van der Waals surface area contributed by atoms with Crippen LogP contribution in [-0.2, 0) is 16.1 Å². The normalized spacial score (nSPS) is 10.9. The standard InChI is InChI=1S/C20H17Cl2NO4S/c1-3-27-20(26)16-14-8-9-15(25)17(22)18(14)28-19(16)23(11(2)24)10-12-4-6-13(21)7-5-12/h4-9,25H,3,10H2,1-2H3. The van der Waals surface area contributed by atoms with E-state index in [2.05, 4.69) is 0 Å². The van der Waals surface area contributed by atoms with Gasteiger partial charge >= 0.3 is 5.97 Å². The van der Waals surface area contributed by atoms with Crippen molar-refractivity contribution in [3.8, 4) is 5.75 Å². The first-order valence-corrected chi connectivity index (χ1v) is 10.0. The minimum Gasteiger partial charge on any atom is -0.506 e. The summed E-state index contributed by atoms with van der Waals surface area (Å²) in [5.74, 6) is -0.885. The summed E-state index contributed by atoms with van der Waals surface area (Å²) in [6.07, 6.45) is 0. The lowest BCUT2D eigenvalue weighted by Gasteiger charge is -2.21. The fraction of sp³-hybridized carbons (Fsp3) is 0.200. The zero-order valence-electron chi connectivity index (χ0n) is 15.2. The van der Waals surface area contributed by atoms with E-state index in [-0.39, 0.29) is 35.4 Å². The van der Waals surface area contributed by atoms with E-state index in [1.165, 1.54) is 17.9 Å². The van der Waals surface area contributed by atoms with Crippen molar-refractivity contribution in [1.29, 1.82) is 0 Å². The number of hydrogen-bond donors (Lipinski definition) is 1. The summed E-state index contributed by atoms with van der Waals surface area (Å²) in [5, 5.41) is 11.6. The molecule has 0 atom stereocenters. The molecule has 0 saturated heterocycles. The van der Waals surface area contributed by atoms with Crippen molar-refractivity contribution in [2.45, 2.75) is 20.4 Å². The molecule has 0 fully saturated rings. The van der Waals surface area contributed by atoms with Crippen LogP contribution in [0.2, 0.25) is 10.0 Å². The predicted octanol–water partition coefficient (Wildman–Crippen LogP) is 5.64. The van der Waals surface area contributed by atoms with Crippen LogP contribution in [0.15, 0.2) is 36.4 Å². The second-order valence-corrected chi connectivity index (χ2v) is 7.82. The van der Waals surface area contributed by atoms with Gasteiger partial charge in [0.1, 0.15) is 21.3 Å². The first-order chi connectivity index (χ1) is 13.3. The molecule has 0 unspecified atom stereocenters. The lowest BCUT2D eigenvalue weighted by atomic mass is 10.1. The van der Waals surface area contributed by atoms with Gasteiger partial charge in [0.15, 0.2) is 0 Å². The largest absolute Gasteiger partial charge is 0.506 e. The Morgan fingerprint density at radius 3 is 2.43 bits per heavy atom. The minimum atomic E-state index is -0.548. The van der Waals surface area contributed by atoms with Crippen molar-refractivity contribution in [1.82, 2.24) is 0 Å². The number of benzene rings is 2. The Labute approximate surface area is 176 Å². The highest BCUT2D eigenvalue weighted by Crippen LogP contribution is 2.45. The molecule has 28 heavy (non-hydrogen) atoms. The number of thiophene rings is 1. The molecule has 0 aliphatic heterocycles. The average Bonchev–Trinajstić information content (AvgIpc) is 3.04. The Hall–Kier alpha value is -2.28. The number of phenols is 1. The molecular weight excluding hydrogens is 421 g/mol. The molecule has 5 nitrogen and oxygen atoms in total. The maximum atomic E-state index is 12.7. The van der Waals surface area contributed by atoms with Crippen molar-refractivity contribution in [3.05, 3.63) is 57.6 Å². The molecule has 1 amide bonds. The minimum absolute atomic E-state index is 0.0931. The van der Waals surface area contributed by atoms with E-state index >= 15 is 0 Å². The summed E-state index contributed by atoms with van der Waals surface area (Å²) in [6.45, 7) is 3.57. The van der Waals surface area contributed by atoms with E-state index in [4.69, 9.17) is 27.9 Å². The fourth-order valence-corrected chi connectivity index (χ4v) is 4.47. The summed E-state index contributed by atoms with van der Waals surface area (Å²) in [4.78, 5) is 26.6. The maximum Gasteiger partial charge on any atom is 0.341 e. The van der Waals surface area contributed by atoms with E-state index in [0.29, 0.717) is 20.1 Å². The van der Waals surface area contributed by atoms with Crippen LogP contribution < -0.4 is 4.90 Å². The van der Waals surface area contributed by atoms with E-state index < -0.39 is 5.97 Å². The number of fused-ring (bicyclic) bond motifs is 1. The first-order valence-electron chi connectivity index (χ1n) is 8.47. The van der Waals surface area contributed by atoms with Crippen LogP contribution in [0.3, 0.4) is 0 Å². The predicted molar refractivity (Wildman–Crippen MR) is 113 cm³/mol. The molecule has 8 heteroatoms. The fourth-order valence-electron chi connectivity index (χ4n) is 2.79. The quantitative estimate of drug-likeness (QED) is 0.524. The van der Waals surface area contributed by atoms with Gasteiger partial charge in [-0.3, -0.25) is 9.69 Å². The Bertz CT molecular complexity index is 1050. The van der Waals surface area contributed by atoms with Gasteiger partial charge in [-0.2, -0.15) is 0 Å². The third kappa shape index (κ3) is 3.94. The van der Waals surface area contributed by atoms with Crippen LogP contribution in [0.1, 0.15) is 29.8 Å². The van der Waals surface area contributed by atoms with Crippen LogP contribution in [0.25, 0.3) is 10.1 Å². The van der Waals surface area contributed by atoms with Crippen LogP contribution in [-0.4, -0.2) is 23.6 Å². The maximum absolute atomic E-state index is 12.7. The van der Waals surface area contributed by atoms with E-state index in [1.54, 1.807) is 25.1 Å². The van der Waals surface area contributed by atoms with Gasteiger partial charge in [0, 0.05) is 17.3 Å². The Morgan fingerprint density at radius 1 is 1.14 bits per heavy atom. The Morgan fingerprint density at radius 2 is 1.82 bits per heavy atom. The number of anilines is 1.